The molecule has 2 fully saturated rings. The van der Waals surface area contributed by atoms with E-state index in [0.717, 1.165) is 26.1 Å². The molecule has 3 nitrogen and oxygen atoms in total. The van der Waals surface area contributed by atoms with Gasteiger partial charge in [0.1, 0.15) is 0 Å². The van der Waals surface area contributed by atoms with Gasteiger partial charge in [0, 0.05) is 31.7 Å². The molecule has 0 spiro atoms. The molecule has 0 aromatic carbocycles. The number of rotatable bonds is 1. The number of hydrogen-bond acceptors (Lipinski definition) is 3. The Bertz CT molecular complexity index is 258. The van der Waals surface area contributed by atoms with Gasteiger partial charge in [0.05, 0.1) is 12.0 Å². The van der Waals surface area contributed by atoms with E-state index in [2.05, 4.69) is 29.8 Å². The fourth-order valence-corrected chi connectivity index (χ4v) is 3.13. The molecule has 1 aliphatic carbocycles. The Morgan fingerprint density at radius 1 is 1.27 bits per heavy atom. The van der Waals surface area contributed by atoms with Crippen molar-refractivity contribution >= 4 is 0 Å². The third kappa shape index (κ3) is 2.16. The first-order chi connectivity index (χ1) is 7.22. The van der Waals surface area contributed by atoms with Crippen LogP contribution in [0.5, 0.6) is 0 Å². The van der Waals surface area contributed by atoms with Gasteiger partial charge >= 0.3 is 0 Å². The van der Waals surface area contributed by atoms with Crippen LogP contribution in [0.25, 0.3) is 0 Å². The highest BCUT2D eigenvalue weighted by Gasteiger charge is 2.36. The molecule has 1 heterocycles. The number of nitriles is 1. The topological polar surface area (TPSA) is 30.3 Å². The lowest BCUT2D eigenvalue weighted by atomic mass is 10.0. The zero-order chi connectivity index (χ0) is 10.8. The Hall–Kier alpha value is -0.590. The second kappa shape index (κ2) is 4.51. The SMILES string of the molecule is CC1CN(C)CCN1C1CCCC1C#N. The van der Waals surface area contributed by atoms with E-state index >= 15 is 0 Å². The van der Waals surface area contributed by atoms with Crippen LogP contribution in [-0.2, 0) is 0 Å². The molecule has 1 aliphatic heterocycles. The quantitative estimate of drug-likeness (QED) is 0.649. The molecular weight excluding hydrogens is 186 g/mol. The van der Waals surface area contributed by atoms with E-state index in [1.165, 1.54) is 12.8 Å². The summed E-state index contributed by atoms with van der Waals surface area (Å²) in [5.41, 5.74) is 0. The van der Waals surface area contributed by atoms with Crippen molar-refractivity contribution in [2.75, 3.05) is 26.7 Å². The van der Waals surface area contributed by atoms with Crippen molar-refractivity contribution < 1.29 is 0 Å². The zero-order valence-corrected chi connectivity index (χ0v) is 9.82. The average Bonchev–Trinajstić information content (AvgIpc) is 2.65. The molecule has 1 saturated carbocycles. The molecule has 0 amide bonds. The molecule has 3 atom stereocenters. The number of hydrogen-bond donors (Lipinski definition) is 0. The van der Waals surface area contributed by atoms with Crippen LogP contribution in [0.1, 0.15) is 26.2 Å². The lowest BCUT2D eigenvalue weighted by Crippen LogP contribution is -2.55. The van der Waals surface area contributed by atoms with E-state index in [0.29, 0.717) is 12.1 Å². The second-order valence-electron chi connectivity index (χ2n) is 5.08. The first-order valence-electron chi connectivity index (χ1n) is 6.06. The first-order valence-corrected chi connectivity index (χ1v) is 6.06. The molecule has 3 unspecified atom stereocenters. The smallest absolute Gasteiger partial charge is 0.0672 e. The molecule has 0 bridgehead atoms. The van der Waals surface area contributed by atoms with Crippen LogP contribution in [0, 0.1) is 17.2 Å². The summed E-state index contributed by atoms with van der Waals surface area (Å²) in [6.07, 6.45) is 3.58. The first kappa shape index (κ1) is 10.9. The minimum absolute atomic E-state index is 0.288. The molecule has 2 aliphatic rings. The number of likely N-dealkylation sites (N-methyl/N-ethyl adjacent to an activating group) is 1. The summed E-state index contributed by atoms with van der Waals surface area (Å²) >= 11 is 0. The third-order valence-electron chi connectivity index (χ3n) is 3.95. The summed E-state index contributed by atoms with van der Waals surface area (Å²) < 4.78 is 0. The van der Waals surface area contributed by atoms with Gasteiger partial charge in [0.15, 0.2) is 0 Å². The van der Waals surface area contributed by atoms with Gasteiger partial charge < -0.3 is 4.90 Å². The molecule has 0 radical (unpaired) electrons. The molecule has 2 rings (SSSR count). The number of piperazine rings is 1. The lowest BCUT2D eigenvalue weighted by molar-refractivity contribution is 0.0538. The van der Waals surface area contributed by atoms with Crippen LogP contribution in [0.15, 0.2) is 0 Å². The predicted octanol–water partition coefficient (Wildman–Crippen LogP) is 1.31. The Labute approximate surface area is 92.7 Å². The van der Waals surface area contributed by atoms with Crippen molar-refractivity contribution in [2.24, 2.45) is 5.92 Å². The maximum Gasteiger partial charge on any atom is 0.0672 e. The van der Waals surface area contributed by atoms with Gasteiger partial charge in [-0.2, -0.15) is 5.26 Å². The lowest BCUT2D eigenvalue weighted by Gasteiger charge is -2.42. The fourth-order valence-electron chi connectivity index (χ4n) is 3.13. The molecule has 0 N–H and O–H groups in total. The van der Waals surface area contributed by atoms with Crippen LogP contribution in [-0.4, -0.2) is 48.6 Å². The Kier molecular flexibility index (Phi) is 3.28. The monoisotopic (exact) mass is 207 g/mol. The summed E-state index contributed by atoms with van der Waals surface area (Å²) in [6.45, 7) is 5.73. The highest BCUT2D eigenvalue weighted by atomic mass is 15.3. The van der Waals surface area contributed by atoms with Crippen molar-refractivity contribution in [2.45, 2.75) is 38.3 Å². The highest BCUT2D eigenvalue weighted by molar-refractivity contribution is 4.99. The van der Waals surface area contributed by atoms with Gasteiger partial charge in [-0.25, -0.2) is 0 Å². The van der Waals surface area contributed by atoms with Gasteiger partial charge in [0.25, 0.3) is 0 Å². The van der Waals surface area contributed by atoms with Crippen LogP contribution in [0.4, 0.5) is 0 Å². The maximum absolute atomic E-state index is 9.12. The molecule has 84 valence electrons. The molecule has 0 aromatic heterocycles. The molecule has 0 aromatic rings. The minimum atomic E-state index is 0.288. The second-order valence-corrected chi connectivity index (χ2v) is 5.08. The van der Waals surface area contributed by atoms with Crippen LogP contribution in [0.2, 0.25) is 0 Å². The van der Waals surface area contributed by atoms with E-state index in [9.17, 15) is 0 Å². The molecule has 3 heteroatoms. The predicted molar refractivity (Wildman–Crippen MR) is 60.4 cm³/mol. The fraction of sp³-hybridized carbons (Fsp3) is 0.917. The van der Waals surface area contributed by atoms with Crippen molar-refractivity contribution in [3.05, 3.63) is 0 Å². The molecular formula is C12H21N3. The van der Waals surface area contributed by atoms with E-state index in [-0.39, 0.29) is 5.92 Å². The zero-order valence-electron chi connectivity index (χ0n) is 9.82. The summed E-state index contributed by atoms with van der Waals surface area (Å²) in [6, 6.07) is 3.64. The van der Waals surface area contributed by atoms with Crippen LogP contribution >= 0.6 is 0 Å². The largest absolute Gasteiger partial charge is 0.304 e. The summed E-state index contributed by atoms with van der Waals surface area (Å²) in [7, 11) is 2.18. The van der Waals surface area contributed by atoms with Crippen molar-refractivity contribution in [3.8, 4) is 6.07 Å². The van der Waals surface area contributed by atoms with E-state index in [1.54, 1.807) is 0 Å². The molecule has 15 heavy (non-hydrogen) atoms. The molecule has 1 saturated heterocycles. The van der Waals surface area contributed by atoms with Crippen molar-refractivity contribution in [1.82, 2.24) is 9.80 Å². The minimum Gasteiger partial charge on any atom is -0.304 e. The van der Waals surface area contributed by atoms with E-state index < -0.39 is 0 Å². The van der Waals surface area contributed by atoms with Gasteiger partial charge in [-0.3, -0.25) is 4.90 Å². The summed E-state index contributed by atoms with van der Waals surface area (Å²) in [5.74, 6) is 0.288. The van der Waals surface area contributed by atoms with E-state index in [1.807, 2.05) is 0 Å². The summed E-state index contributed by atoms with van der Waals surface area (Å²) in [4.78, 5) is 4.96. The van der Waals surface area contributed by atoms with Crippen LogP contribution in [0.3, 0.4) is 0 Å². The number of nitrogens with zero attached hydrogens (tertiary/aromatic N) is 3. The Morgan fingerprint density at radius 3 is 2.73 bits per heavy atom. The normalized spacial score (nSPS) is 39.1. The van der Waals surface area contributed by atoms with Gasteiger partial charge in [-0.1, -0.05) is 6.42 Å². The summed E-state index contributed by atoms with van der Waals surface area (Å²) in [5, 5.41) is 9.12. The van der Waals surface area contributed by atoms with E-state index in [4.69, 9.17) is 5.26 Å². The standard InChI is InChI=1S/C12H21N3/c1-10-9-14(2)6-7-15(10)12-5-3-4-11(12)8-13/h10-12H,3-7,9H2,1-2H3. The highest BCUT2D eigenvalue weighted by Crippen LogP contribution is 2.31. The van der Waals surface area contributed by atoms with Crippen molar-refractivity contribution in [1.29, 1.82) is 5.26 Å². The Balaban J connectivity index is 2.01. The van der Waals surface area contributed by atoms with Gasteiger partial charge in [-0.05, 0) is 26.8 Å². The maximum atomic E-state index is 9.12. The third-order valence-corrected chi connectivity index (χ3v) is 3.95. The van der Waals surface area contributed by atoms with Crippen LogP contribution < -0.4 is 0 Å². The van der Waals surface area contributed by atoms with Gasteiger partial charge in [-0.15, -0.1) is 0 Å². The van der Waals surface area contributed by atoms with Gasteiger partial charge in [0.2, 0.25) is 0 Å². The average molecular weight is 207 g/mol. The Morgan fingerprint density at radius 2 is 2.07 bits per heavy atom. The van der Waals surface area contributed by atoms with Crippen molar-refractivity contribution in [3.63, 3.8) is 0 Å².